The molecule has 0 spiro atoms. The monoisotopic (exact) mass is 206 g/mol. The molecule has 0 aliphatic rings. The molecule has 70 valence electrons. The second-order valence-corrected chi connectivity index (χ2v) is 3.20. The van der Waals surface area contributed by atoms with Gasteiger partial charge in [-0.05, 0) is 11.5 Å². The zero-order valence-corrected chi connectivity index (χ0v) is 7.94. The average Bonchev–Trinajstić information content (AvgIpc) is 2.72. The zero-order chi connectivity index (χ0) is 9.80. The smallest absolute Gasteiger partial charge is 0.188 e. The van der Waals surface area contributed by atoms with E-state index >= 15 is 0 Å². The van der Waals surface area contributed by atoms with E-state index in [2.05, 4.69) is 19.6 Å². The van der Waals surface area contributed by atoms with Crippen LogP contribution in [0.5, 0.6) is 0 Å². The van der Waals surface area contributed by atoms with E-state index in [1.165, 1.54) is 30.1 Å². The van der Waals surface area contributed by atoms with E-state index in [4.69, 9.17) is 0 Å². The number of Topliss-reactive ketones (excluding diaryl/α,β-unsaturated/α-hetero) is 1. The first-order valence-corrected chi connectivity index (χ1v) is 4.75. The molecule has 0 aromatic carbocycles. The fourth-order valence-electron chi connectivity index (χ4n) is 0.959. The predicted molar refractivity (Wildman–Crippen MR) is 50.0 cm³/mol. The van der Waals surface area contributed by atoms with Gasteiger partial charge in [-0.1, -0.05) is 4.49 Å². The Morgan fingerprint density at radius 2 is 2.36 bits per heavy atom. The van der Waals surface area contributed by atoms with Crippen LogP contribution in [0.2, 0.25) is 0 Å². The van der Waals surface area contributed by atoms with Crippen molar-refractivity contribution in [3.05, 3.63) is 35.4 Å². The van der Waals surface area contributed by atoms with Crippen molar-refractivity contribution in [1.29, 1.82) is 0 Å². The molecule has 0 atom stereocenters. The molecule has 0 aliphatic heterocycles. The Labute approximate surface area is 84.0 Å². The lowest BCUT2D eigenvalue weighted by atomic mass is 10.2. The van der Waals surface area contributed by atoms with Gasteiger partial charge in [0, 0.05) is 17.8 Å². The third kappa shape index (κ3) is 1.97. The molecular formula is C8H6N4OS. The lowest BCUT2D eigenvalue weighted by Crippen LogP contribution is -2.06. The predicted octanol–water partition coefficient (Wildman–Crippen LogP) is 0.754. The van der Waals surface area contributed by atoms with E-state index in [0.717, 1.165) is 0 Å². The van der Waals surface area contributed by atoms with Crippen LogP contribution < -0.4 is 0 Å². The summed E-state index contributed by atoms with van der Waals surface area (Å²) >= 11 is 1.23. The van der Waals surface area contributed by atoms with Gasteiger partial charge in [0.2, 0.25) is 0 Å². The molecule has 0 aliphatic carbocycles. The maximum absolute atomic E-state index is 11.5. The molecule has 6 heteroatoms. The molecule has 0 N–H and O–H groups in total. The zero-order valence-electron chi connectivity index (χ0n) is 7.12. The molecule has 5 nitrogen and oxygen atoms in total. The highest BCUT2D eigenvalue weighted by atomic mass is 32.1. The maximum Gasteiger partial charge on any atom is 0.188 e. The summed E-state index contributed by atoms with van der Waals surface area (Å²) in [5, 5.41) is 5.53. The Balaban J connectivity index is 2.11. The summed E-state index contributed by atoms with van der Waals surface area (Å²) in [5.41, 5.74) is 1.03. The van der Waals surface area contributed by atoms with Crippen molar-refractivity contribution in [3.63, 3.8) is 0 Å². The molecule has 0 bridgehead atoms. The van der Waals surface area contributed by atoms with Crippen LogP contribution >= 0.6 is 11.5 Å². The van der Waals surface area contributed by atoms with Crippen LogP contribution in [0.15, 0.2) is 24.0 Å². The van der Waals surface area contributed by atoms with Crippen molar-refractivity contribution in [3.8, 4) is 0 Å². The minimum Gasteiger partial charge on any atom is -0.292 e. The number of hydrogen-bond donors (Lipinski definition) is 0. The molecule has 2 aromatic heterocycles. The normalized spacial score (nSPS) is 10.0. The average molecular weight is 206 g/mol. The Bertz CT molecular complexity index is 414. The van der Waals surface area contributed by atoms with Crippen LogP contribution in [0, 0.1) is 0 Å². The van der Waals surface area contributed by atoms with Crippen LogP contribution in [0.25, 0.3) is 0 Å². The highest BCUT2D eigenvalue weighted by Gasteiger charge is 2.09. The molecule has 2 heterocycles. The minimum atomic E-state index is -0.0919. The third-order valence-electron chi connectivity index (χ3n) is 1.60. The van der Waals surface area contributed by atoms with Crippen molar-refractivity contribution < 1.29 is 4.79 Å². The third-order valence-corrected chi connectivity index (χ3v) is 2.15. The summed E-state index contributed by atoms with van der Waals surface area (Å²) in [7, 11) is 0. The van der Waals surface area contributed by atoms with Crippen molar-refractivity contribution in [2.24, 2.45) is 0 Å². The molecule has 0 saturated heterocycles. The summed E-state index contributed by atoms with van der Waals surface area (Å²) in [5.74, 6) is -0.0919. The summed E-state index contributed by atoms with van der Waals surface area (Å²) in [4.78, 5) is 19.3. The van der Waals surface area contributed by atoms with Crippen LogP contribution in [0.3, 0.4) is 0 Å². The molecule has 14 heavy (non-hydrogen) atoms. The summed E-state index contributed by atoms with van der Waals surface area (Å²) < 4.78 is 3.67. The number of nitrogens with zero attached hydrogens (tertiary/aromatic N) is 4. The second kappa shape index (κ2) is 4.01. The van der Waals surface area contributed by atoms with Crippen molar-refractivity contribution >= 4 is 17.3 Å². The number of aromatic nitrogens is 4. The van der Waals surface area contributed by atoms with Gasteiger partial charge in [0.05, 0.1) is 18.3 Å². The summed E-state index contributed by atoms with van der Waals surface area (Å²) in [6.45, 7) is 0. The first-order chi connectivity index (χ1) is 6.86. The fraction of sp³-hybridized carbons (Fsp3) is 0.125. The highest BCUT2D eigenvalue weighted by Crippen LogP contribution is 2.02. The van der Waals surface area contributed by atoms with Crippen molar-refractivity contribution in [2.75, 3.05) is 0 Å². The Morgan fingerprint density at radius 1 is 1.43 bits per heavy atom. The van der Waals surface area contributed by atoms with E-state index in [-0.39, 0.29) is 12.2 Å². The standard InChI is InChI=1S/C8H6N4OS/c13-8(3-6-5-14-12-11-6)7-4-9-1-2-10-7/h1-2,4-5H,3H2. The van der Waals surface area contributed by atoms with Gasteiger partial charge in [0.25, 0.3) is 0 Å². The van der Waals surface area contributed by atoms with Gasteiger partial charge in [-0.2, -0.15) is 0 Å². The second-order valence-electron chi connectivity index (χ2n) is 2.59. The maximum atomic E-state index is 11.5. The van der Waals surface area contributed by atoms with E-state index in [0.29, 0.717) is 11.4 Å². The Morgan fingerprint density at radius 3 is 3.00 bits per heavy atom. The number of ketones is 1. The Kier molecular flexibility index (Phi) is 2.55. The highest BCUT2D eigenvalue weighted by molar-refractivity contribution is 7.03. The van der Waals surface area contributed by atoms with Crippen LogP contribution in [-0.4, -0.2) is 25.3 Å². The first-order valence-electron chi connectivity index (χ1n) is 3.91. The molecule has 0 radical (unpaired) electrons. The summed E-state index contributed by atoms with van der Waals surface area (Å²) in [6.07, 6.45) is 4.70. The molecule has 0 saturated carbocycles. The minimum absolute atomic E-state index is 0.0919. The largest absolute Gasteiger partial charge is 0.292 e. The number of hydrogen-bond acceptors (Lipinski definition) is 6. The van der Waals surface area contributed by atoms with Gasteiger partial charge in [0.15, 0.2) is 5.78 Å². The van der Waals surface area contributed by atoms with E-state index in [1.54, 1.807) is 5.38 Å². The van der Waals surface area contributed by atoms with Gasteiger partial charge in [0.1, 0.15) is 5.69 Å². The number of carbonyl (C=O) groups is 1. The van der Waals surface area contributed by atoms with Gasteiger partial charge >= 0.3 is 0 Å². The number of rotatable bonds is 3. The number of carbonyl (C=O) groups excluding carboxylic acids is 1. The SMILES string of the molecule is O=C(Cc1csnn1)c1cnccn1. The van der Waals surface area contributed by atoms with E-state index in [1.807, 2.05) is 0 Å². The molecular weight excluding hydrogens is 200 g/mol. The first kappa shape index (κ1) is 8.89. The molecule has 2 aromatic rings. The van der Waals surface area contributed by atoms with Gasteiger partial charge in [-0.15, -0.1) is 5.10 Å². The topological polar surface area (TPSA) is 68.6 Å². The van der Waals surface area contributed by atoms with Gasteiger partial charge in [-0.25, -0.2) is 4.98 Å². The van der Waals surface area contributed by atoms with Gasteiger partial charge in [-0.3, -0.25) is 9.78 Å². The van der Waals surface area contributed by atoms with E-state index < -0.39 is 0 Å². The molecule has 0 unspecified atom stereocenters. The quantitative estimate of drug-likeness (QED) is 0.693. The van der Waals surface area contributed by atoms with Crippen LogP contribution in [-0.2, 0) is 6.42 Å². The lowest BCUT2D eigenvalue weighted by molar-refractivity contribution is 0.0987. The van der Waals surface area contributed by atoms with Crippen molar-refractivity contribution in [2.45, 2.75) is 6.42 Å². The van der Waals surface area contributed by atoms with Gasteiger partial charge < -0.3 is 0 Å². The Hall–Kier alpha value is -1.69. The van der Waals surface area contributed by atoms with Crippen LogP contribution in [0.4, 0.5) is 0 Å². The fourth-order valence-corrected chi connectivity index (χ4v) is 1.41. The van der Waals surface area contributed by atoms with Crippen LogP contribution in [0.1, 0.15) is 16.2 Å². The van der Waals surface area contributed by atoms with E-state index in [9.17, 15) is 4.79 Å². The summed E-state index contributed by atoms with van der Waals surface area (Å²) in [6, 6.07) is 0. The molecule has 2 rings (SSSR count). The molecule has 0 amide bonds. The lowest BCUT2D eigenvalue weighted by Gasteiger charge is -1.94. The van der Waals surface area contributed by atoms with Crippen molar-refractivity contribution in [1.82, 2.24) is 19.6 Å². The molecule has 0 fully saturated rings.